The first kappa shape index (κ1) is 18.3. The SMILES string of the molecule is Cc1cccc(NC(=O)c2cccc(C(=O)NCc3ccccc3)n2)c1C. The highest BCUT2D eigenvalue weighted by atomic mass is 16.2. The van der Waals surface area contributed by atoms with Crippen LogP contribution in [0, 0.1) is 13.8 Å². The molecule has 0 saturated heterocycles. The topological polar surface area (TPSA) is 71.1 Å². The largest absolute Gasteiger partial charge is 0.347 e. The zero-order chi connectivity index (χ0) is 19.2. The number of aromatic nitrogens is 1. The van der Waals surface area contributed by atoms with Crippen LogP contribution in [0.3, 0.4) is 0 Å². The molecule has 0 radical (unpaired) electrons. The quantitative estimate of drug-likeness (QED) is 0.726. The van der Waals surface area contributed by atoms with E-state index in [4.69, 9.17) is 0 Å². The van der Waals surface area contributed by atoms with Crippen molar-refractivity contribution in [2.45, 2.75) is 20.4 Å². The summed E-state index contributed by atoms with van der Waals surface area (Å²) in [6, 6.07) is 20.2. The first-order chi connectivity index (χ1) is 13.0. The van der Waals surface area contributed by atoms with E-state index in [1.807, 2.05) is 62.4 Å². The number of anilines is 1. The van der Waals surface area contributed by atoms with Gasteiger partial charge in [0.2, 0.25) is 0 Å². The van der Waals surface area contributed by atoms with Gasteiger partial charge in [0.15, 0.2) is 0 Å². The van der Waals surface area contributed by atoms with Crippen molar-refractivity contribution in [3.63, 3.8) is 0 Å². The molecular formula is C22H21N3O2. The number of pyridine rings is 1. The predicted octanol–water partition coefficient (Wildman–Crippen LogP) is 3.88. The van der Waals surface area contributed by atoms with Gasteiger partial charge in [-0.1, -0.05) is 48.5 Å². The van der Waals surface area contributed by atoms with E-state index in [1.54, 1.807) is 18.2 Å². The third kappa shape index (κ3) is 4.58. The number of hydrogen-bond donors (Lipinski definition) is 2. The van der Waals surface area contributed by atoms with Crippen LogP contribution in [0.15, 0.2) is 66.7 Å². The van der Waals surface area contributed by atoms with E-state index < -0.39 is 0 Å². The van der Waals surface area contributed by atoms with Gasteiger partial charge < -0.3 is 10.6 Å². The highest BCUT2D eigenvalue weighted by molar-refractivity contribution is 6.04. The van der Waals surface area contributed by atoms with Gasteiger partial charge >= 0.3 is 0 Å². The number of rotatable bonds is 5. The van der Waals surface area contributed by atoms with Gasteiger partial charge in [0.25, 0.3) is 11.8 Å². The molecule has 5 nitrogen and oxygen atoms in total. The van der Waals surface area contributed by atoms with Gasteiger partial charge in [0.05, 0.1) is 0 Å². The van der Waals surface area contributed by atoms with Crippen molar-refractivity contribution in [1.29, 1.82) is 0 Å². The standard InChI is InChI=1S/C22H21N3O2/c1-15-8-6-11-18(16(15)2)25-22(27)20-13-7-12-19(24-20)21(26)23-14-17-9-4-3-5-10-17/h3-13H,14H2,1-2H3,(H,23,26)(H,25,27). The zero-order valence-corrected chi connectivity index (χ0v) is 15.3. The van der Waals surface area contributed by atoms with Crippen molar-refractivity contribution >= 4 is 17.5 Å². The highest BCUT2D eigenvalue weighted by Gasteiger charge is 2.13. The highest BCUT2D eigenvalue weighted by Crippen LogP contribution is 2.18. The van der Waals surface area contributed by atoms with Gasteiger partial charge in [-0.05, 0) is 48.7 Å². The lowest BCUT2D eigenvalue weighted by atomic mass is 10.1. The molecule has 2 aromatic carbocycles. The van der Waals surface area contributed by atoms with Crippen LogP contribution in [0.25, 0.3) is 0 Å². The first-order valence-electron chi connectivity index (χ1n) is 8.71. The first-order valence-corrected chi connectivity index (χ1v) is 8.71. The maximum absolute atomic E-state index is 12.5. The van der Waals surface area contributed by atoms with Crippen LogP contribution in [0.4, 0.5) is 5.69 Å². The molecule has 0 aliphatic carbocycles. The summed E-state index contributed by atoms with van der Waals surface area (Å²) in [7, 11) is 0. The lowest BCUT2D eigenvalue weighted by molar-refractivity contribution is 0.0945. The van der Waals surface area contributed by atoms with Crippen LogP contribution in [-0.2, 0) is 6.54 Å². The molecule has 5 heteroatoms. The fourth-order valence-corrected chi connectivity index (χ4v) is 2.63. The number of carbonyl (C=O) groups excluding carboxylic acids is 2. The molecule has 2 N–H and O–H groups in total. The summed E-state index contributed by atoms with van der Waals surface area (Å²) in [5.74, 6) is -0.665. The van der Waals surface area contributed by atoms with Gasteiger partial charge in [0.1, 0.15) is 11.4 Å². The number of carbonyl (C=O) groups is 2. The molecule has 0 unspecified atom stereocenters. The summed E-state index contributed by atoms with van der Waals surface area (Å²) < 4.78 is 0. The molecule has 136 valence electrons. The van der Waals surface area contributed by atoms with E-state index >= 15 is 0 Å². The fraction of sp³-hybridized carbons (Fsp3) is 0.136. The van der Waals surface area contributed by atoms with Crippen molar-refractivity contribution in [1.82, 2.24) is 10.3 Å². The minimum Gasteiger partial charge on any atom is -0.347 e. The molecule has 27 heavy (non-hydrogen) atoms. The summed E-state index contributed by atoms with van der Waals surface area (Å²) in [4.78, 5) is 29.1. The average molecular weight is 359 g/mol. The molecule has 0 saturated carbocycles. The lowest BCUT2D eigenvalue weighted by Gasteiger charge is -2.10. The van der Waals surface area contributed by atoms with E-state index in [-0.39, 0.29) is 23.2 Å². The Morgan fingerprint density at radius 2 is 1.48 bits per heavy atom. The zero-order valence-electron chi connectivity index (χ0n) is 15.3. The lowest BCUT2D eigenvalue weighted by Crippen LogP contribution is -2.25. The Bertz CT molecular complexity index is 968. The Labute approximate surface area is 158 Å². The van der Waals surface area contributed by atoms with Gasteiger partial charge in [-0.3, -0.25) is 9.59 Å². The van der Waals surface area contributed by atoms with Crippen molar-refractivity contribution < 1.29 is 9.59 Å². The number of hydrogen-bond acceptors (Lipinski definition) is 3. The van der Waals surface area contributed by atoms with Crippen molar-refractivity contribution in [2.24, 2.45) is 0 Å². The molecule has 3 aromatic rings. The van der Waals surface area contributed by atoms with E-state index in [1.165, 1.54) is 0 Å². The van der Waals surface area contributed by atoms with Crippen molar-refractivity contribution in [3.05, 3.63) is 94.8 Å². The normalized spacial score (nSPS) is 10.3. The van der Waals surface area contributed by atoms with Crippen molar-refractivity contribution in [2.75, 3.05) is 5.32 Å². The second-order valence-electron chi connectivity index (χ2n) is 6.28. The maximum atomic E-state index is 12.5. The second kappa shape index (κ2) is 8.27. The van der Waals surface area contributed by atoms with E-state index in [0.717, 1.165) is 22.4 Å². The monoisotopic (exact) mass is 359 g/mol. The molecule has 0 aliphatic rings. The summed E-state index contributed by atoms with van der Waals surface area (Å²) in [6.45, 7) is 4.34. The third-order valence-corrected chi connectivity index (χ3v) is 4.36. The molecule has 0 spiro atoms. The summed E-state index contributed by atoms with van der Waals surface area (Å²) in [5, 5.41) is 5.67. The van der Waals surface area contributed by atoms with E-state index in [0.29, 0.717) is 6.54 Å². The number of nitrogens with one attached hydrogen (secondary N) is 2. The maximum Gasteiger partial charge on any atom is 0.274 e. The number of nitrogens with zero attached hydrogens (tertiary/aromatic N) is 1. The molecule has 3 rings (SSSR count). The van der Waals surface area contributed by atoms with Crippen LogP contribution in [0.2, 0.25) is 0 Å². The fourth-order valence-electron chi connectivity index (χ4n) is 2.63. The Hall–Kier alpha value is -3.47. The number of amides is 2. The molecule has 0 atom stereocenters. The van der Waals surface area contributed by atoms with Crippen molar-refractivity contribution in [3.8, 4) is 0 Å². The minimum atomic E-state index is -0.346. The molecule has 0 fully saturated rings. The van der Waals surface area contributed by atoms with E-state index in [2.05, 4.69) is 15.6 Å². The smallest absolute Gasteiger partial charge is 0.274 e. The Morgan fingerprint density at radius 3 is 2.22 bits per heavy atom. The Balaban J connectivity index is 1.70. The third-order valence-electron chi connectivity index (χ3n) is 4.36. The molecular weight excluding hydrogens is 338 g/mol. The van der Waals surface area contributed by atoms with Crippen LogP contribution in [0.5, 0.6) is 0 Å². The molecule has 0 aliphatic heterocycles. The molecule has 1 heterocycles. The molecule has 0 bridgehead atoms. The molecule has 2 amide bonds. The number of aryl methyl sites for hydroxylation is 1. The van der Waals surface area contributed by atoms with E-state index in [9.17, 15) is 9.59 Å². The second-order valence-corrected chi connectivity index (χ2v) is 6.28. The van der Waals surface area contributed by atoms with Crippen LogP contribution in [-0.4, -0.2) is 16.8 Å². The van der Waals surface area contributed by atoms with Crippen LogP contribution < -0.4 is 10.6 Å². The molecule has 1 aromatic heterocycles. The Morgan fingerprint density at radius 1 is 0.815 bits per heavy atom. The van der Waals surface area contributed by atoms with Gasteiger partial charge in [-0.25, -0.2) is 4.98 Å². The summed E-state index contributed by atoms with van der Waals surface area (Å²) >= 11 is 0. The van der Waals surface area contributed by atoms with Crippen LogP contribution >= 0.6 is 0 Å². The summed E-state index contributed by atoms with van der Waals surface area (Å²) in [6.07, 6.45) is 0. The summed E-state index contributed by atoms with van der Waals surface area (Å²) in [5.41, 5.74) is 4.23. The van der Waals surface area contributed by atoms with Crippen LogP contribution in [0.1, 0.15) is 37.7 Å². The van der Waals surface area contributed by atoms with Gasteiger partial charge in [-0.15, -0.1) is 0 Å². The predicted molar refractivity (Wildman–Crippen MR) is 106 cm³/mol. The van der Waals surface area contributed by atoms with Gasteiger partial charge in [-0.2, -0.15) is 0 Å². The Kier molecular flexibility index (Phi) is 5.61. The number of benzene rings is 2. The minimum absolute atomic E-state index is 0.197. The average Bonchev–Trinajstić information content (AvgIpc) is 2.70. The van der Waals surface area contributed by atoms with Gasteiger partial charge in [0, 0.05) is 12.2 Å².